The Morgan fingerprint density at radius 3 is 2.44 bits per heavy atom. The van der Waals surface area contributed by atoms with Crippen LogP contribution in [0.15, 0.2) is 51.7 Å². The van der Waals surface area contributed by atoms with Gasteiger partial charge in [0, 0.05) is 4.47 Å². The summed E-state index contributed by atoms with van der Waals surface area (Å²) < 4.78 is 6.26. The minimum Gasteiger partial charge on any atom is -0.472 e. The third-order valence-corrected chi connectivity index (χ3v) is 3.56. The van der Waals surface area contributed by atoms with E-state index in [0.29, 0.717) is 5.92 Å². The lowest BCUT2D eigenvalue weighted by Gasteiger charge is -2.15. The molecule has 2 nitrogen and oxygen atoms in total. The summed E-state index contributed by atoms with van der Waals surface area (Å²) in [4.78, 5) is 0. The van der Waals surface area contributed by atoms with Gasteiger partial charge in [0.1, 0.15) is 0 Å². The molecule has 0 saturated carbocycles. The van der Waals surface area contributed by atoms with Crippen LogP contribution in [0.2, 0.25) is 0 Å². The number of furan rings is 1. The average Bonchev–Trinajstić information content (AvgIpc) is 2.85. The highest BCUT2D eigenvalue weighted by Gasteiger charge is 2.10. The molecule has 1 aromatic carbocycles. The number of hydrogen-bond donors (Lipinski definition) is 1. The summed E-state index contributed by atoms with van der Waals surface area (Å²) in [5, 5.41) is 3.27. The van der Waals surface area contributed by atoms with Gasteiger partial charge in [0.25, 0.3) is 0 Å². The first-order valence-corrected chi connectivity index (χ1v) is 6.97. The predicted molar refractivity (Wildman–Crippen MR) is 77.7 cm³/mol. The standard InChI is InChI=1S/C15H18BrNO/c1-17-10-14(9-13-6-7-18-11-13)8-12-2-4-15(16)5-3-12/h2-7,11,14,17H,8-10H2,1H3. The maximum Gasteiger partial charge on any atom is 0.0934 e. The van der Waals surface area contributed by atoms with Gasteiger partial charge >= 0.3 is 0 Å². The zero-order valence-corrected chi connectivity index (χ0v) is 12.1. The molecule has 96 valence electrons. The van der Waals surface area contributed by atoms with Gasteiger partial charge in [-0.15, -0.1) is 0 Å². The highest BCUT2D eigenvalue weighted by molar-refractivity contribution is 9.10. The van der Waals surface area contributed by atoms with Crippen molar-refractivity contribution in [1.82, 2.24) is 5.32 Å². The molecule has 0 spiro atoms. The molecule has 0 fully saturated rings. The van der Waals surface area contributed by atoms with E-state index in [2.05, 4.69) is 45.5 Å². The number of halogens is 1. The Morgan fingerprint density at radius 1 is 1.11 bits per heavy atom. The van der Waals surface area contributed by atoms with Gasteiger partial charge in [-0.3, -0.25) is 0 Å². The molecular formula is C15H18BrNO. The van der Waals surface area contributed by atoms with Crippen molar-refractivity contribution >= 4 is 15.9 Å². The lowest BCUT2D eigenvalue weighted by molar-refractivity contribution is 0.488. The first-order valence-electron chi connectivity index (χ1n) is 6.18. The lowest BCUT2D eigenvalue weighted by atomic mass is 9.93. The molecule has 1 N–H and O–H groups in total. The molecule has 2 rings (SSSR count). The summed E-state index contributed by atoms with van der Waals surface area (Å²) in [5.74, 6) is 0.591. The quantitative estimate of drug-likeness (QED) is 0.881. The minimum atomic E-state index is 0.591. The van der Waals surface area contributed by atoms with Crippen LogP contribution in [-0.4, -0.2) is 13.6 Å². The van der Waals surface area contributed by atoms with Crippen molar-refractivity contribution in [2.75, 3.05) is 13.6 Å². The van der Waals surface area contributed by atoms with Crippen LogP contribution in [0.3, 0.4) is 0 Å². The molecule has 0 saturated heterocycles. The maximum atomic E-state index is 5.13. The molecule has 1 atom stereocenters. The summed E-state index contributed by atoms with van der Waals surface area (Å²) in [6, 6.07) is 10.6. The van der Waals surface area contributed by atoms with Crippen LogP contribution < -0.4 is 5.32 Å². The molecule has 18 heavy (non-hydrogen) atoms. The van der Waals surface area contributed by atoms with Crippen molar-refractivity contribution in [3.05, 3.63) is 58.5 Å². The van der Waals surface area contributed by atoms with E-state index in [4.69, 9.17) is 4.42 Å². The molecular weight excluding hydrogens is 290 g/mol. The Labute approximate surface area is 117 Å². The first kappa shape index (κ1) is 13.4. The molecule has 0 amide bonds. The Kier molecular flexibility index (Phi) is 5.02. The SMILES string of the molecule is CNCC(Cc1ccc(Br)cc1)Cc1ccoc1. The molecule has 1 aromatic heterocycles. The second kappa shape index (κ2) is 6.76. The van der Waals surface area contributed by atoms with Crippen LogP contribution in [0.5, 0.6) is 0 Å². The fourth-order valence-electron chi connectivity index (χ4n) is 2.20. The minimum absolute atomic E-state index is 0.591. The van der Waals surface area contributed by atoms with E-state index in [1.54, 1.807) is 6.26 Å². The van der Waals surface area contributed by atoms with Crippen LogP contribution in [0.1, 0.15) is 11.1 Å². The monoisotopic (exact) mass is 307 g/mol. The van der Waals surface area contributed by atoms with Crippen molar-refractivity contribution in [3.63, 3.8) is 0 Å². The van der Waals surface area contributed by atoms with Gasteiger partial charge in [-0.1, -0.05) is 28.1 Å². The maximum absolute atomic E-state index is 5.13. The second-order valence-corrected chi connectivity index (χ2v) is 5.51. The topological polar surface area (TPSA) is 25.2 Å². The zero-order chi connectivity index (χ0) is 12.8. The third kappa shape index (κ3) is 4.00. The van der Waals surface area contributed by atoms with Gasteiger partial charge in [0.05, 0.1) is 12.5 Å². The van der Waals surface area contributed by atoms with Crippen molar-refractivity contribution in [2.45, 2.75) is 12.8 Å². The second-order valence-electron chi connectivity index (χ2n) is 4.59. The van der Waals surface area contributed by atoms with Crippen LogP contribution >= 0.6 is 15.9 Å². The third-order valence-electron chi connectivity index (χ3n) is 3.03. The van der Waals surface area contributed by atoms with Crippen LogP contribution in [0.25, 0.3) is 0 Å². The Hall–Kier alpha value is -1.06. The fraction of sp³-hybridized carbons (Fsp3) is 0.333. The van der Waals surface area contributed by atoms with Crippen molar-refractivity contribution in [3.8, 4) is 0 Å². The van der Waals surface area contributed by atoms with E-state index >= 15 is 0 Å². The summed E-state index contributed by atoms with van der Waals surface area (Å²) in [5.41, 5.74) is 2.65. The Morgan fingerprint density at radius 2 is 1.83 bits per heavy atom. The molecule has 0 bridgehead atoms. The van der Waals surface area contributed by atoms with Gasteiger partial charge in [-0.2, -0.15) is 0 Å². The molecule has 0 aliphatic heterocycles. The molecule has 1 heterocycles. The van der Waals surface area contributed by atoms with Gasteiger partial charge < -0.3 is 9.73 Å². The van der Waals surface area contributed by atoms with Crippen LogP contribution in [0, 0.1) is 5.92 Å². The van der Waals surface area contributed by atoms with E-state index in [0.717, 1.165) is 23.9 Å². The Balaban J connectivity index is 1.99. The molecule has 0 radical (unpaired) electrons. The summed E-state index contributed by atoms with van der Waals surface area (Å²) in [7, 11) is 2.00. The summed E-state index contributed by atoms with van der Waals surface area (Å²) in [6.45, 7) is 1.02. The summed E-state index contributed by atoms with van der Waals surface area (Å²) in [6.07, 6.45) is 5.71. The molecule has 0 aliphatic rings. The van der Waals surface area contributed by atoms with E-state index in [1.807, 2.05) is 19.4 Å². The van der Waals surface area contributed by atoms with Crippen molar-refractivity contribution in [2.24, 2.45) is 5.92 Å². The number of rotatable bonds is 6. The molecule has 2 aromatic rings. The lowest BCUT2D eigenvalue weighted by Crippen LogP contribution is -2.22. The van der Waals surface area contributed by atoms with E-state index < -0.39 is 0 Å². The predicted octanol–water partition coefficient (Wildman–Crippen LogP) is 3.66. The van der Waals surface area contributed by atoms with Gasteiger partial charge in [-0.05, 0) is 61.7 Å². The first-order chi connectivity index (χ1) is 8.78. The summed E-state index contributed by atoms with van der Waals surface area (Å²) >= 11 is 3.47. The fourth-order valence-corrected chi connectivity index (χ4v) is 2.47. The highest BCUT2D eigenvalue weighted by atomic mass is 79.9. The normalized spacial score (nSPS) is 12.6. The van der Waals surface area contributed by atoms with Gasteiger partial charge in [0.2, 0.25) is 0 Å². The smallest absolute Gasteiger partial charge is 0.0934 e. The number of benzene rings is 1. The Bertz CT molecular complexity index is 450. The van der Waals surface area contributed by atoms with Gasteiger partial charge in [-0.25, -0.2) is 0 Å². The largest absolute Gasteiger partial charge is 0.472 e. The molecule has 1 unspecified atom stereocenters. The van der Waals surface area contributed by atoms with E-state index in [9.17, 15) is 0 Å². The average molecular weight is 308 g/mol. The number of nitrogens with one attached hydrogen (secondary N) is 1. The molecule has 3 heteroatoms. The highest BCUT2D eigenvalue weighted by Crippen LogP contribution is 2.17. The van der Waals surface area contributed by atoms with Crippen molar-refractivity contribution in [1.29, 1.82) is 0 Å². The zero-order valence-electron chi connectivity index (χ0n) is 10.5. The van der Waals surface area contributed by atoms with Gasteiger partial charge in [0.15, 0.2) is 0 Å². The van der Waals surface area contributed by atoms with Crippen LogP contribution in [0.4, 0.5) is 0 Å². The van der Waals surface area contributed by atoms with E-state index in [1.165, 1.54) is 11.1 Å². The van der Waals surface area contributed by atoms with Crippen LogP contribution in [-0.2, 0) is 12.8 Å². The number of hydrogen-bond acceptors (Lipinski definition) is 2. The van der Waals surface area contributed by atoms with Crippen molar-refractivity contribution < 1.29 is 4.42 Å². The van der Waals surface area contributed by atoms with E-state index in [-0.39, 0.29) is 0 Å². The molecule has 0 aliphatic carbocycles.